The van der Waals surface area contributed by atoms with E-state index in [2.05, 4.69) is 15.8 Å². The standard InChI is InChI=1S/C26H33FN4O4/c1-34-26(33)24-21-10-11-30(16-18-15-28-29-25(18)17-6-8-19(27)9-7-17)12-13-31(21)23(32)14-22(24)35-20-4-2-3-5-20/h6-9,14,18,20,25,28-29H,2-5,10-13,15-16H2,1H3. The predicted octanol–water partition coefficient (Wildman–Crippen LogP) is 2.42. The van der Waals surface area contributed by atoms with Crippen molar-refractivity contribution in [3.8, 4) is 5.75 Å². The maximum Gasteiger partial charge on any atom is 0.343 e. The highest BCUT2D eigenvalue weighted by molar-refractivity contribution is 5.93. The average molecular weight is 485 g/mol. The number of nitrogens with one attached hydrogen (secondary N) is 2. The number of hydrogen-bond acceptors (Lipinski definition) is 7. The van der Waals surface area contributed by atoms with E-state index in [4.69, 9.17) is 9.47 Å². The van der Waals surface area contributed by atoms with Crippen LogP contribution < -0.4 is 21.1 Å². The number of ether oxygens (including phenoxy) is 2. The van der Waals surface area contributed by atoms with Gasteiger partial charge in [0.1, 0.15) is 17.1 Å². The van der Waals surface area contributed by atoms with Crippen molar-refractivity contribution in [1.29, 1.82) is 0 Å². The number of halogens is 1. The molecule has 2 aromatic rings. The normalized spacial score (nSPS) is 23.1. The van der Waals surface area contributed by atoms with Crippen LogP contribution in [0, 0.1) is 11.7 Å². The topological polar surface area (TPSA) is 84.8 Å². The summed E-state index contributed by atoms with van der Waals surface area (Å²) in [5.41, 5.74) is 8.52. The van der Waals surface area contributed by atoms with E-state index in [1.807, 2.05) is 12.1 Å². The van der Waals surface area contributed by atoms with Gasteiger partial charge in [-0.1, -0.05) is 12.1 Å². The Labute approximate surface area is 204 Å². The van der Waals surface area contributed by atoms with Crippen molar-refractivity contribution < 1.29 is 18.7 Å². The predicted molar refractivity (Wildman–Crippen MR) is 129 cm³/mol. The number of hydrogen-bond donors (Lipinski definition) is 2. The van der Waals surface area contributed by atoms with E-state index in [9.17, 15) is 14.0 Å². The molecule has 1 aromatic heterocycles. The summed E-state index contributed by atoms with van der Waals surface area (Å²) in [6.45, 7) is 3.50. The second-order valence-electron chi connectivity index (χ2n) is 9.70. The molecule has 1 saturated heterocycles. The van der Waals surface area contributed by atoms with Crippen LogP contribution in [0.1, 0.15) is 53.3 Å². The summed E-state index contributed by atoms with van der Waals surface area (Å²) < 4.78 is 26.4. The van der Waals surface area contributed by atoms with Crippen LogP contribution in [0.3, 0.4) is 0 Å². The van der Waals surface area contributed by atoms with Gasteiger partial charge in [-0.3, -0.25) is 10.2 Å². The third kappa shape index (κ3) is 5.12. The lowest BCUT2D eigenvalue weighted by atomic mass is 9.94. The molecule has 1 aliphatic carbocycles. The molecule has 2 fully saturated rings. The van der Waals surface area contributed by atoms with Gasteiger partial charge < -0.3 is 18.9 Å². The summed E-state index contributed by atoms with van der Waals surface area (Å²) >= 11 is 0. The number of aromatic nitrogens is 1. The molecule has 3 aliphatic rings. The van der Waals surface area contributed by atoms with Gasteiger partial charge in [0, 0.05) is 56.8 Å². The molecule has 2 unspecified atom stereocenters. The summed E-state index contributed by atoms with van der Waals surface area (Å²) in [6, 6.07) is 8.14. The lowest BCUT2D eigenvalue weighted by molar-refractivity contribution is 0.0590. The molecule has 5 rings (SSSR count). The third-order valence-electron chi connectivity index (χ3n) is 7.49. The van der Waals surface area contributed by atoms with Gasteiger partial charge in [0.05, 0.1) is 19.3 Å². The molecule has 2 N–H and O–H groups in total. The van der Waals surface area contributed by atoms with E-state index in [0.29, 0.717) is 43.1 Å². The monoisotopic (exact) mass is 484 g/mol. The fourth-order valence-corrected chi connectivity index (χ4v) is 5.64. The van der Waals surface area contributed by atoms with Crippen LogP contribution in [0.4, 0.5) is 4.39 Å². The molecule has 0 bridgehead atoms. The number of carbonyl (C=O) groups is 1. The summed E-state index contributed by atoms with van der Waals surface area (Å²) in [4.78, 5) is 28.2. The number of benzene rings is 1. The van der Waals surface area contributed by atoms with Gasteiger partial charge in [-0.25, -0.2) is 14.6 Å². The zero-order chi connectivity index (χ0) is 24.4. The van der Waals surface area contributed by atoms with Crippen molar-refractivity contribution in [1.82, 2.24) is 20.3 Å². The van der Waals surface area contributed by atoms with Crippen LogP contribution in [0.15, 0.2) is 35.1 Å². The Morgan fingerprint density at radius 1 is 1.14 bits per heavy atom. The van der Waals surface area contributed by atoms with Crippen molar-refractivity contribution in [2.24, 2.45) is 5.92 Å². The Hall–Kier alpha value is -2.75. The first-order valence-corrected chi connectivity index (χ1v) is 12.5. The molecule has 1 saturated carbocycles. The molecule has 1 aromatic carbocycles. The zero-order valence-electron chi connectivity index (χ0n) is 20.1. The Balaban J connectivity index is 1.35. The Bertz CT molecular complexity index is 1110. The van der Waals surface area contributed by atoms with Crippen LogP contribution in [0.5, 0.6) is 5.75 Å². The highest BCUT2D eigenvalue weighted by atomic mass is 19.1. The van der Waals surface area contributed by atoms with Crippen molar-refractivity contribution >= 4 is 5.97 Å². The van der Waals surface area contributed by atoms with E-state index in [1.165, 1.54) is 25.3 Å². The third-order valence-corrected chi connectivity index (χ3v) is 7.49. The quantitative estimate of drug-likeness (QED) is 0.609. The molecule has 0 radical (unpaired) electrons. The Morgan fingerprint density at radius 3 is 2.66 bits per heavy atom. The lowest BCUT2D eigenvalue weighted by Crippen LogP contribution is -2.35. The summed E-state index contributed by atoms with van der Waals surface area (Å²) in [5, 5.41) is 0. The maximum absolute atomic E-state index is 13.4. The molecule has 188 valence electrons. The first-order chi connectivity index (χ1) is 17.0. The van der Waals surface area contributed by atoms with Gasteiger partial charge in [0.25, 0.3) is 5.56 Å². The van der Waals surface area contributed by atoms with Crippen molar-refractivity contribution in [3.05, 3.63) is 63.3 Å². The van der Waals surface area contributed by atoms with Crippen LogP contribution in [-0.4, -0.2) is 54.8 Å². The molecule has 3 heterocycles. The van der Waals surface area contributed by atoms with Crippen LogP contribution in [0.2, 0.25) is 0 Å². The Kier molecular flexibility index (Phi) is 7.17. The molecule has 0 spiro atoms. The minimum atomic E-state index is -0.462. The number of hydrazine groups is 1. The Morgan fingerprint density at radius 2 is 1.91 bits per heavy atom. The van der Waals surface area contributed by atoms with Gasteiger partial charge in [-0.15, -0.1) is 0 Å². The first kappa shape index (κ1) is 24.0. The number of rotatable bonds is 6. The summed E-state index contributed by atoms with van der Waals surface area (Å²) in [7, 11) is 1.36. The van der Waals surface area contributed by atoms with E-state index >= 15 is 0 Å². The molecular formula is C26H33FN4O4. The van der Waals surface area contributed by atoms with E-state index in [-0.39, 0.29) is 29.4 Å². The molecule has 0 amide bonds. The van der Waals surface area contributed by atoms with E-state index in [0.717, 1.165) is 44.3 Å². The number of nitrogens with zero attached hydrogens (tertiary/aromatic N) is 2. The SMILES string of the molecule is COC(=O)c1c(OC2CCCC2)cc(=O)n2c1CCN(CC1CNNC1c1ccc(F)cc1)CC2. The first-order valence-electron chi connectivity index (χ1n) is 12.5. The minimum absolute atomic E-state index is 0.0360. The van der Waals surface area contributed by atoms with Gasteiger partial charge in [0.2, 0.25) is 0 Å². The lowest BCUT2D eigenvalue weighted by Gasteiger charge is -2.26. The second-order valence-corrected chi connectivity index (χ2v) is 9.70. The van der Waals surface area contributed by atoms with Gasteiger partial charge in [0.15, 0.2) is 0 Å². The number of methoxy groups -OCH3 is 1. The summed E-state index contributed by atoms with van der Waals surface area (Å²) in [6.07, 6.45) is 4.66. The van der Waals surface area contributed by atoms with Crippen LogP contribution >= 0.6 is 0 Å². The van der Waals surface area contributed by atoms with E-state index in [1.54, 1.807) is 4.57 Å². The van der Waals surface area contributed by atoms with Crippen molar-refractivity contribution in [2.45, 2.75) is 50.8 Å². The van der Waals surface area contributed by atoms with Crippen molar-refractivity contribution in [3.63, 3.8) is 0 Å². The summed E-state index contributed by atoms with van der Waals surface area (Å²) in [5.74, 6) is -0.0748. The maximum atomic E-state index is 13.4. The number of fused-ring (bicyclic) bond motifs is 1. The van der Waals surface area contributed by atoms with Gasteiger partial charge in [-0.05, 0) is 43.4 Å². The molecule has 9 heteroatoms. The highest BCUT2D eigenvalue weighted by Crippen LogP contribution is 2.30. The molecule has 8 nitrogen and oxygen atoms in total. The molecule has 35 heavy (non-hydrogen) atoms. The fourth-order valence-electron chi connectivity index (χ4n) is 5.64. The molecule has 2 atom stereocenters. The average Bonchev–Trinajstić information content (AvgIpc) is 3.49. The van der Waals surface area contributed by atoms with Gasteiger partial charge >= 0.3 is 5.97 Å². The largest absolute Gasteiger partial charge is 0.489 e. The molecular weight excluding hydrogens is 451 g/mol. The number of pyridine rings is 1. The zero-order valence-corrected chi connectivity index (χ0v) is 20.1. The van der Waals surface area contributed by atoms with Crippen molar-refractivity contribution in [2.75, 3.05) is 33.3 Å². The smallest absolute Gasteiger partial charge is 0.343 e. The van der Waals surface area contributed by atoms with Crippen LogP contribution in [-0.2, 0) is 17.7 Å². The van der Waals surface area contributed by atoms with E-state index < -0.39 is 5.97 Å². The number of esters is 1. The number of carbonyl (C=O) groups excluding carboxylic acids is 1. The molecule has 2 aliphatic heterocycles. The minimum Gasteiger partial charge on any atom is -0.489 e. The second kappa shape index (κ2) is 10.5. The van der Waals surface area contributed by atoms with Gasteiger partial charge in [-0.2, -0.15) is 0 Å². The fraction of sp³-hybridized carbons (Fsp3) is 0.538. The highest BCUT2D eigenvalue weighted by Gasteiger charge is 2.32. The van der Waals surface area contributed by atoms with Crippen LogP contribution in [0.25, 0.3) is 0 Å².